The van der Waals surface area contributed by atoms with Crippen LogP contribution in [0.2, 0.25) is 0 Å². The molecule has 0 saturated carbocycles. The van der Waals surface area contributed by atoms with Crippen molar-refractivity contribution in [1.29, 1.82) is 0 Å². The SMILES string of the molecule is CCCCCC(C)CCN=Nc1ccc(C)c(C)c1. The third-order valence-electron chi connectivity index (χ3n) is 3.70. The average Bonchev–Trinajstić information content (AvgIpc) is 2.39. The summed E-state index contributed by atoms with van der Waals surface area (Å²) in [6.45, 7) is 9.66. The van der Waals surface area contributed by atoms with Gasteiger partial charge in [0.25, 0.3) is 0 Å². The fourth-order valence-electron chi connectivity index (χ4n) is 2.08. The number of benzene rings is 1. The summed E-state index contributed by atoms with van der Waals surface area (Å²) in [6, 6.07) is 6.25. The second kappa shape index (κ2) is 8.84. The minimum Gasteiger partial charge on any atom is -0.189 e. The van der Waals surface area contributed by atoms with Gasteiger partial charge in [0.05, 0.1) is 12.2 Å². The zero-order valence-electron chi connectivity index (χ0n) is 12.9. The number of hydrogen-bond donors (Lipinski definition) is 0. The normalized spacial score (nSPS) is 13.1. The molecule has 0 bridgehead atoms. The van der Waals surface area contributed by atoms with E-state index in [1.165, 1.54) is 36.8 Å². The summed E-state index contributed by atoms with van der Waals surface area (Å²) in [7, 11) is 0. The highest BCUT2D eigenvalue weighted by Gasteiger charge is 2.01. The third-order valence-corrected chi connectivity index (χ3v) is 3.70. The zero-order chi connectivity index (χ0) is 14.1. The lowest BCUT2D eigenvalue weighted by molar-refractivity contribution is 0.467. The maximum atomic E-state index is 4.31. The monoisotopic (exact) mass is 260 g/mol. The molecule has 0 amide bonds. The molecule has 1 atom stereocenters. The first kappa shape index (κ1) is 15.9. The fourth-order valence-corrected chi connectivity index (χ4v) is 2.08. The van der Waals surface area contributed by atoms with Gasteiger partial charge in [-0.05, 0) is 49.4 Å². The van der Waals surface area contributed by atoms with Crippen LogP contribution in [0.4, 0.5) is 5.69 Å². The Labute approximate surface area is 118 Å². The highest BCUT2D eigenvalue weighted by atomic mass is 15.1. The number of nitrogens with zero attached hydrogens (tertiary/aromatic N) is 2. The summed E-state index contributed by atoms with van der Waals surface area (Å²) in [5, 5.41) is 8.61. The van der Waals surface area contributed by atoms with E-state index in [4.69, 9.17) is 0 Å². The summed E-state index contributed by atoms with van der Waals surface area (Å²) in [4.78, 5) is 0. The van der Waals surface area contributed by atoms with Gasteiger partial charge in [0.15, 0.2) is 0 Å². The second-order valence-electron chi connectivity index (χ2n) is 5.62. The Morgan fingerprint density at radius 3 is 2.53 bits per heavy atom. The van der Waals surface area contributed by atoms with Gasteiger partial charge in [-0.25, -0.2) is 0 Å². The molecule has 2 heteroatoms. The molecule has 0 fully saturated rings. The van der Waals surface area contributed by atoms with E-state index >= 15 is 0 Å². The topological polar surface area (TPSA) is 24.7 Å². The Morgan fingerprint density at radius 1 is 1.05 bits per heavy atom. The largest absolute Gasteiger partial charge is 0.189 e. The minimum atomic E-state index is 0.769. The number of rotatable bonds is 8. The number of aryl methyl sites for hydroxylation is 2. The van der Waals surface area contributed by atoms with E-state index in [1.807, 2.05) is 6.07 Å². The number of unbranched alkanes of at least 4 members (excludes halogenated alkanes) is 2. The van der Waals surface area contributed by atoms with Crippen molar-refractivity contribution in [3.63, 3.8) is 0 Å². The Morgan fingerprint density at radius 2 is 1.84 bits per heavy atom. The molecule has 0 aromatic heterocycles. The van der Waals surface area contributed by atoms with Gasteiger partial charge in [0, 0.05) is 0 Å². The van der Waals surface area contributed by atoms with Gasteiger partial charge < -0.3 is 0 Å². The molecule has 0 saturated heterocycles. The number of azo groups is 1. The standard InChI is InChI=1S/C17H28N2/c1-5-6-7-8-14(2)11-12-18-19-17-10-9-15(3)16(4)13-17/h9-10,13-14H,5-8,11-12H2,1-4H3. The van der Waals surface area contributed by atoms with E-state index in [1.54, 1.807) is 0 Å². The molecule has 0 heterocycles. The first-order valence-corrected chi connectivity index (χ1v) is 7.58. The average molecular weight is 260 g/mol. The highest BCUT2D eigenvalue weighted by molar-refractivity contribution is 5.42. The van der Waals surface area contributed by atoms with E-state index in [-0.39, 0.29) is 0 Å². The predicted octanol–water partition coefficient (Wildman–Crippen LogP) is 5.99. The van der Waals surface area contributed by atoms with Crippen LogP contribution in [-0.4, -0.2) is 6.54 Å². The smallest absolute Gasteiger partial charge is 0.0855 e. The molecule has 106 valence electrons. The lowest BCUT2D eigenvalue weighted by Gasteiger charge is -2.08. The van der Waals surface area contributed by atoms with Crippen molar-refractivity contribution in [2.24, 2.45) is 16.1 Å². The van der Waals surface area contributed by atoms with Crippen LogP contribution >= 0.6 is 0 Å². The Balaban J connectivity index is 2.27. The van der Waals surface area contributed by atoms with Crippen molar-refractivity contribution in [3.05, 3.63) is 29.3 Å². The molecule has 19 heavy (non-hydrogen) atoms. The molecular formula is C17H28N2. The van der Waals surface area contributed by atoms with Crippen molar-refractivity contribution in [2.75, 3.05) is 6.54 Å². The molecule has 1 aromatic carbocycles. The van der Waals surface area contributed by atoms with Crippen LogP contribution in [0.15, 0.2) is 28.4 Å². The van der Waals surface area contributed by atoms with Crippen molar-refractivity contribution in [3.8, 4) is 0 Å². The van der Waals surface area contributed by atoms with Crippen molar-refractivity contribution >= 4 is 5.69 Å². The van der Waals surface area contributed by atoms with Crippen LogP contribution in [0.3, 0.4) is 0 Å². The molecule has 0 aliphatic rings. The summed E-state index contributed by atoms with van der Waals surface area (Å²) >= 11 is 0. The fraction of sp³-hybridized carbons (Fsp3) is 0.647. The van der Waals surface area contributed by atoms with Crippen LogP contribution in [0, 0.1) is 19.8 Å². The first-order chi connectivity index (χ1) is 9.13. The summed E-state index contributed by atoms with van der Waals surface area (Å²) in [6.07, 6.45) is 6.49. The van der Waals surface area contributed by atoms with Crippen LogP contribution in [0.1, 0.15) is 57.1 Å². The Hall–Kier alpha value is -1.18. The van der Waals surface area contributed by atoms with Gasteiger partial charge in [-0.3, -0.25) is 0 Å². The first-order valence-electron chi connectivity index (χ1n) is 7.58. The Kier molecular flexibility index (Phi) is 7.39. The molecule has 1 rings (SSSR count). The van der Waals surface area contributed by atoms with E-state index in [0.717, 1.165) is 24.6 Å². The van der Waals surface area contributed by atoms with Crippen molar-refractivity contribution in [1.82, 2.24) is 0 Å². The quantitative estimate of drug-likeness (QED) is 0.405. The second-order valence-corrected chi connectivity index (χ2v) is 5.62. The van der Waals surface area contributed by atoms with Crippen LogP contribution in [0.25, 0.3) is 0 Å². The molecule has 2 nitrogen and oxygen atoms in total. The van der Waals surface area contributed by atoms with Gasteiger partial charge in [0.2, 0.25) is 0 Å². The predicted molar refractivity (Wildman–Crippen MR) is 83.2 cm³/mol. The van der Waals surface area contributed by atoms with E-state index < -0.39 is 0 Å². The van der Waals surface area contributed by atoms with Crippen LogP contribution < -0.4 is 0 Å². The molecular weight excluding hydrogens is 232 g/mol. The maximum absolute atomic E-state index is 4.31. The highest BCUT2D eigenvalue weighted by Crippen LogP contribution is 2.18. The van der Waals surface area contributed by atoms with Crippen molar-refractivity contribution in [2.45, 2.75) is 59.8 Å². The maximum Gasteiger partial charge on any atom is 0.0855 e. The Bertz CT molecular complexity index is 396. The number of hydrogen-bond acceptors (Lipinski definition) is 2. The summed E-state index contributed by atoms with van der Waals surface area (Å²) in [5.41, 5.74) is 3.56. The van der Waals surface area contributed by atoms with Crippen LogP contribution in [-0.2, 0) is 0 Å². The van der Waals surface area contributed by atoms with Gasteiger partial charge >= 0.3 is 0 Å². The minimum absolute atomic E-state index is 0.769. The van der Waals surface area contributed by atoms with Gasteiger partial charge in [-0.2, -0.15) is 10.2 Å². The van der Waals surface area contributed by atoms with Crippen LogP contribution in [0.5, 0.6) is 0 Å². The molecule has 0 N–H and O–H groups in total. The van der Waals surface area contributed by atoms with E-state index in [2.05, 4.69) is 50.1 Å². The third kappa shape index (κ3) is 6.51. The molecule has 0 aliphatic heterocycles. The zero-order valence-corrected chi connectivity index (χ0v) is 12.9. The van der Waals surface area contributed by atoms with Crippen molar-refractivity contribution < 1.29 is 0 Å². The summed E-state index contributed by atoms with van der Waals surface area (Å²) in [5.74, 6) is 0.769. The lowest BCUT2D eigenvalue weighted by atomic mass is 10.0. The summed E-state index contributed by atoms with van der Waals surface area (Å²) < 4.78 is 0. The molecule has 1 unspecified atom stereocenters. The van der Waals surface area contributed by atoms with E-state index in [0.29, 0.717) is 0 Å². The molecule has 0 aliphatic carbocycles. The van der Waals surface area contributed by atoms with Gasteiger partial charge in [-0.15, -0.1) is 0 Å². The molecule has 0 spiro atoms. The lowest BCUT2D eigenvalue weighted by Crippen LogP contribution is -1.96. The molecule has 1 aromatic rings. The van der Waals surface area contributed by atoms with E-state index in [9.17, 15) is 0 Å². The molecule has 0 radical (unpaired) electrons. The van der Waals surface area contributed by atoms with Gasteiger partial charge in [-0.1, -0.05) is 45.6 Å². The van der Waals surface area contributed by atoms with Gasteiger partial charge in [0.1, 0.15) is 0 Å².